The normalized spacial score (nSPS) is 9.80. The quantitative estimate of drug-likeness (QED) is 0.788. The molecule has 0 aliphatic carbocycles. The molecule has 0 unspecified atom stereocenters. The summed E-state index contributed by atoms with van der Waals surface area (Å²) in [5.74, 6) is 0. The van der Waals surface area contributed by atoms with Crippen molar-refractivity contribution in [2.45, 2.75) is 12.8 Å². The number of rotatable bonds is 3. The highest BCUT2D eigenvalue weighted by atomic mass is 32.1. The van der Waals surface area contributed by atoms with Crippen molar-refractivity contribution < 1.29 is 0 Å². The van der Waals surface area contributed by atoms with Gasteiger partial charge >= 0.3 is 0 Å². The highest BCUT2D eigenvalue weighted by Gasteiger charge is 2.02. The molecule has 4 heteroatoms. The first-order valence-corrected chi connectivity index (χ1v) is 5.45. The van der Waals surface area contributed by atoms with Gasteiger partial charge in [0, 0.05) is 24.2 Å². The molecule has 2 heterocycles. The van der Waals surface area contributed by atoms with Gasteiger partial charge in [0.15, 0.2) is 0 Å². The Morgan fingerprint density at radius 3 is 3.13 bits per heavy atom. The van der Waals surface area contributed by atoms with Crippen LogP contribution in [0, 0.1) is 11.3 Å². The van der Waals surface area contributed by atoms with E-state index in [4.69, 9.17) is 5.26 Å². The fourth-order valence-corrected chi connectivity index (χ4v) is 2.10. The van der Waals surface area contributed by atoms with Crippen molar-refractivity contribution in [3.63, 3.8) is 0 Å². The molecule has 0 aromatic carbocycles. The average molecular weight is 215 g/mol. The third kappa shape index (κ3) is 2.61. The van der Waals surface area contributed by atoms with E-state index < -0.39 is 0 Å². The molecular weight excluding hydrogens is 206 g/mol. The minimum atomic E-state index is 0.392. The van der Waals surface area contributed by atoms with E-state index >= 15 is 0 Å². The van der Waals surface area contributed by atoms with Crippen molar-refractivity contribution >= 4 is 11.3 Å². The summed E-state index contributed by atoms with van der Waals surface area (Å²) in [5.41, 5.74) is 2.01. The largest absolute Gasteiger partial charge is 0.264 e. The smallest absolute Gasteiger partial charge is 0.0973 e. The lowest BCUT2D eigenvalue weighted by molar-refractivity contribution is 1.06. The summed E-state index contributed by atoms with van der Waals surface area (Å²) in [7, 11) is 0. The van der Waals surface area contributed by atoms with Crippen molar-refractivity contribution in [2.24, 2.45) is 0 Å². The van der Waals surface area contributed by atoms with Gasteiger partial charge in [-0.15, -0.1) is 11.3 Å². The summed E-state index contributed by atoms with van der Waals surface area (Å²) in [4.78, 5) is 8.41. The minimum Gasteiger partial charge on any atom is -0.264 e. The molecule has 0 spiro atoms. The van der Waals surface area contributed by atoms with E-state index in [2.05, 4.69) is 16.0 Å². The number of nitriles is 1. The highest BCUT2D eigenvalue weighted by molar-refractivity contribution is 7.09. The lowest BCUT2D eigenvalue weighted by Gasteiger charge is -1.95. The number of hydrogen-bond acceptors (Lipinski definition) is 4. The third-order valence-electron chi connectivity index (χ3n) is 1.94. The maximum Gasteiger partial charge on any atom is 0.0973 e. The predicted molar refractivity (Wildman–Crippen MR) is 58.5 cm³/mol. The average Bonchev–Trinajstić information content (AvgIpc) is 2.68. The van der Waals surface area contributed by atoms with Crippen LogP contribution in [0.4, 0.5) is 0 Å². The van der Waals surface area contributed by atoms with Crippen LogP contribution in [0.5, 0.6) is 0 Å². The number of hydrogen-bond donors (Lipinski definition) is 0. The molecule has 0 N–H and O–H groups in total. The van der Waals surface area contributed by atoms with Crippen LogP contribution in [0.3, 0.4) is 0 Å². The molecule has 74 valence electrons. The van der Waals surface area contributed by atoms with Crippen LogP contribution in [0.15, 0.2) is 29.9 Å². The lowest BCUT2D eigenvalue weighted by atomic mass is 10.2. The Kier molecular flexibility index (Phi) is 3.05. The zero-order valence-corrected chi connectivity index (χ0v) is 8.87. The Morgan fingerprint density at radius 2 is 2.40 bits per heavy atom. The standard InChI is InChI=1S/C11H9N3S/c12-4-3-10-8-15-11(14-10)6-9-2-1-5-13-7-9/h1-2,5,7-8H,3,6H2. The minimum absolute atomic E-state index is 0.392. The Morgan fingerprint density at radius 1 is 1.47 bits per heavy atom. The molecule has 2 rings (SSSR count). The van der Waals surface area contributed by atoms with Crippen LogP contribution >= 0.6 is 11.3 Å². The van der Waals surface area contributed by atoms with Crippen molar-refractivity contribution in [3.05, 3.63) is 46.2 Å². The molecule has 2 aromatic heterocycles. The molecule has 0 saturated heterocycles. The Bertz CT molecular complexity index is 470. The molecule has 0 atom stereocenters. The zero-order chi connectivity index (χ0) is 10.5. The molecule has 0 amide bonds. The lowest BCUT2D eigenvalue weighted by Crippen LogP contribution is -1.89. The van der Waals surface area contributed by atoms with E-state index in [-0.39, 0.29) is 0 Å². The van der Waals surface area contributed by atoms with Crippen LogP contribution in [-0.2, 0) is 12.8 Å². The van der Waals surface area contributed by atoms with Gasteiger partial charge in [-0.1, -0.05) is 6.07 Å². The molecule has 0 radical (unpaired) electrons. The molecule has 0 saturated carbocycles. The molecule has 15 heavy (non-hydrogen) atoms. The van der Waals surface area contributed by atoms with Gasteiger partial charge in [-0.3, -0.25) is 4.98 Å². The van der Waals surface area contributed by atoms with Crippen LogP contribution in [-0.4, -0.2) is 9.97 Å². The number of pyridine rings is 1. The predicted octanol–water partition coefficient (Wildman–Crippen LogP) is 2.19. The van der Waals surface area contributed by atoms with Crippen molar-refractivity contribution in [2.75, 3.05) is 0 Å². The van der Waals surface area contributed by atoms with Crippen LogP contribution < -0.4 is 0 Å². The van der Waals surface area contributed by atoms with Gasteiger partial charge in [0.1, 0.15) is 0 Å². The van der Waals surface area contributed by atoms with Gasteiger partial charge in [-0.2, -0.15) is 5.26 Å². The molecular formula is C11H9N3S. The van der Waals surface area contributed by atoms with E-state index in [1.165, 1.54) is 0 Å². The zero-order valence-electron chi connectivity index (χ0n) is 8.05. The first-order chi connectivity index (χ1) is 7.38. The van der Waals surface area contributed by atoms with Crippen LogP contribution in [0.25, 0.3) is 0 Å². The Balaban J connectivity index is 2.09. The van der Waals surface area contributed by atoms with E-state index in [0.717, 1.165) is 22.7 Å². The first-order valence-electron chi connectivity index (χ1n) is 4.57. The molecule has 0 aliphatic heterocycles. The second-order valence-electron chi connectivity index (χ2n) is 3.11. The maximum atomic E-state index is 8.52. The van der Waals surface area contributed by atoms with Gasteiger partial charge in [0.2, 0.25) is 0 Å². The van der Waals surface area contributed by atoms with E-state index in [1.807, 2.05) is 23.7 Å². The Labute approximate surface area is 92.1 Å². The topological polar surface area (TPSA) is 49.6 Å². The second kappa shape index (κ2) is 4.67. The van der Waals surface area contributed by atoms with Gasteiger partial charge in [-0.25, -0.2) is 4.98 Å². The fourth-order valence-electron chi connectivity index (χ4n) is 1.27. The summed E-state index contributed by atoms with van der Waals surface area (Å²) < 4.78 is 0. The van der Waals surface area contributed by atoms with Gasteiger partial charge in [0.25, 0.3) is 0 Å². The van der Waals surface area contributed by atoms with Crippen LogP contribution in [0.1, 0.15) is 16.3 Å². The van der Waals surface area contributed by atoms with Crippen LogP contribution in [0.2, 0.25) is 0 Å². The van der Waals surface area contributed by atoms with Gasteiger partial charge < -0.3 is 0 Å². The molecule has 2 aromatic rings. The number of aromatic nitrogens is 2. The summed E-state index contributed by atoms with van der Waals surface area (Å²) in [6.45, 7) is 0. The van der Waals surface area contributed by atoms with Gasteiger partial charge in [-0.05, 0) is 11.6 Å². The first kappa shape index (κ1) is 9.81. The summed E-state index contributed by atoms with van der Waals surface area (Å²) in [6.07, 6.45) is 4.78. The Hall–Kier alpha value is -1.73. The fraction of sp³-hybridized carbons (Fsp3) is 0.182. The highest BCUT2D eigenvalue weighted by Crippen LogP contribution is 2.14. The number of thiazole rings is 1. The number of nitrogens with zero attached hydrogens (tertiary/aromatic N) is 3. The summed E-state index contributed by atoms with van der Waals surface area (Å²) in [6, 6.07) is 6.03. The van der Waals surface area contributed by atoms with E-state index in [9.17, 15) is 0 Å². The SMILES string of the molecule is N#CCc1csc(Cc2cccnc2)n1. The summed E-state index contributed by atoms with van der Waals surface area (Å²) >= 11 is 1.59. The van der Waals surface area contributed by atoms with E-state index in [0.29, 0.717) is 6.42 Å². The second-order valence-corrected chi connectivity index (χ2v) is 4.05. The molecule has 3 nitrogen and oxygen atoms in total. The molecule has 0 fully saturated rings. The molecule has 0 aliphatic rings. The monoisotopic (exact) mass is 215 g/mol. The van der Waals surface area contributed by atoms with Crippen molar-refractivity contribution in [1.29, 1.82) is 5.26 Å². The maximum absolute atomic E-state index is 8.52. The van der Waals surface area contributed by atoms with Crippen molar-refractivity contribution in [1.82, 2.24) is 9.97 Å². The summed E-state index contributed by atoms with van der Waals surface area (Å²) in [5, 5.41) is 11.5. The molecule has 0 bridgehead atoms. The third-order valence-corrected chi connectivity index (χ3v) is 2.84. The van der Waals surface area contributed by atoms with Crippen molar-refractivity contribution in [3.8, 4) is 6.07 Å². The van der Waals surface area contributed by atoms with E-state index in [1.54, 1.807) is 17.5 Å². The van der Waals surface area contributed by atoms with Gasteiger partial charge in [0.05, 0.1) is 23.2 Å².